The van der Waals surface area contributed by atoms with Crippen LogP contribution in [-0.2, 0) is 11.3 Å². The van der Waals surface area contributed by atoms with E-state index in [0.717, 1.165) is 25.4 Å². The molecule has 1 fully saturated rings. The summed E-state index contributed by atoms with van der Waals surface area (Å²) in [7, 11) is 0. The molecule has 1 saturated carbocycles. The fourth-order valence-corrected chi connectivity index (χ4v) is 2.29. The minimum Gasteiger partial charge on any atom is -0.480 e. The molecule has 18 heavy (non-hydrogen) atoms. The summed E-state index contributed by atoms with van der Waals surface area (Å²) in [6.07, 6.45) is 3.62. The number of benzene rings is 1. The van der Waals surface area contributed by atoms with Gasteiger partial charge in [-0.1, -0.05) is 31.2 Å². The summed E-state index contributed by atoms with van der Waals surface area (Å²) in [6, 6.07) is 8.66. The van der Waals surface area contributed by atoms with Crippen LogP contribution in [0.25, 0.3) is 0 Å². The summed E-state index contributed by atoms with van der Waals surface area (Å²) in [5, 5.41) is 8.87. The van der Waals surface area contributed by atoms with Crippen LogP contribution in [0.1, 0.15) is 43.2 Å². The minimum atomic E-state index is -0.752. The number of rotatable bonds is 7. The van der Waals surface area contributed by atoms with E-state index < -0.39 is 5.97 Å². The molecule has 0 unspecified atom stereocenters. The Morgan fingerprint density at radius 3 is 2.50 bits per heavy atom. The maximum Gasteiger partial charge on any atom is 0.317 e. The molecule has 2 rings (SSSR count). The van der Waals surface area contributed by atoms with Gasteiger partial charge in [-0.3, -0.25) is 9.69 Å². The monoisotopic (exact) mass is 247 g/mol. The summed E-state index contributed by atoms with van der Waals surface area (Å²) in [4.78, 5) is 12.8. The van der Waals surface area contributed by atoms with Gasteiger partial charge in [-0.15, -0.1) is 0 Å². The van der Waals surface area contributed by atoms with Crippen LogP contribution in [0.2, 0.25) is 0 Å². The standard InChI is InChI=1S/C15H21NO2/c1-2-9-16(11-15(17)18)10-12-3-5-13(6-4-12)14-7-8-14/h3-6,14H,2,7-11H2,1H3,(H,17,18). The second-order valence-electron chi connectivity index (χ2n) is 5.12. The first-order valence-electron chi connectivity index (χ1n) is 6.72. The molecule has 1 aromatic carbocycles. The molecule has 0 radical (unpaired) electrons. The van der Waals surface area contributed by atoms with Gasteiger partial charge in [0.05, 0.1) is 6.54 Å². The van der Waals surface area contributed by atoms with Gasteiger partial charge in [-0.05, 0) is 42.9 Å². The summed E-state index contributed by atoms with van der Waals surface area (Å²) in [5.41, 5.74) is 2.63. The molecule has 3 nitrogen and oxygen atoms in total. The first-order chi connectivity index (χ1) is 8.69. The van der Waals surface area contributed by atoms with Gasteiger partial charge in [0.25, 0.3) is 0 Å². The highest BCUT2D eigenvalue weighted by molar-refractivity contribution is 5.69. The molecule has 0 spiro atoms. The third kappa shape index (κ3) is 3.84. The molecule has 0 atom stereocenters. The second kappa shape index (κ2) is 6.01. The highest BCUT2D eigenvalue weighted by Gasteiger charge is 2.23. The summed E-state index contributed by atoms with van der Waals surface area (Å²) >= 11 is 0. The normalized spacial score (nSPS) is 15.0. The number of aliphatic carboxylic acids is 1. The first kappa shape index (κ1) is 13.1. The predicted molar refractivity (Wildman–Crippen MR) is 71.6 cm³/mol. The number of hydrogen-bond donors (Lipinski definition) is 1. The zero-order valence-corrected chi connectivity index (χ0v) is 10.9. The van der Waals surface area contributed by atoms with E-state index >= 15 is 0 Å². The van der Waals surface area contributed by atoms with Gasteiger partial charge in [0.15, 0.2) is 0 Å². The van der Waals surface area contributed by atoms with Crippen LogP contribution in [0.5, 0.6) is 0 Å². The highest BCUT2D eigenvalue weighted by Crippen LogP contribution is 2.39. The van der Waals surface area contributed by atoms with Crippen molar-refractivity contribution in [2.45, 2.75) is 38.6 Å². The van der Waals surface area contributed by atoms with Gasteiger partial charge in [-0.25, -0.2) is 0 Å². The smallest absolute Gasteiger partial charge is 0.317 e. The van der Waals surface area contributed by atoms with Crippen LogP contribution < -0.4 is 0 Å². The van der Waals surface area contributed by atoms with Crippen molar-refractivity contribution in [2.24, 2.45) is 0 Å². The van der Waals surface area contributed by atoms with Crippen LogP contribution in [-0.4, -0.2) is 29.1 Å². The number of nitrogens with zero attached hydrogens (tertiary/aromatic N) is 1. The number of hydrogen-bond acceptors (Lipinski definition) is 2. The number of carbonyl (C=O) groups is 1. The van der Waals surface area contributed by atoms with E-state index in [0.29, 0.717) is 0 Å². The van der Waals surface area contributed by atoms with E-state index in [4.69, 9.17) is 5.11 Å². The van der Waals surface area contributed by atoms with Crippen molar-refractivity contribution in [3.05, 3.63) is 35.4 Å². The Kier molecular flexibility index (Phi) is 4.37. The molecular formula is C15H21NO2. The van der Waals surface area contributed by atoms with Crippen molar-refractivity contribution in [1.82, 2.24) is 4.90 Å². The van der Waals surface area contributed by atoms with Gasteiger partial charge >= 0.3 is 5.97 Å². The fraction of sp³-hybridized carbons (Fsp3) is 0.533. The average Bonchev–Trinajstić information content (AvgIpc) is 3.13. The van der Waals surface area contributed by atoms with Gasteiger partial charge < -0.3 is 5.11 Å². The summed E-state index contributed by atoms with van der Waals surface area (Å²) in [5.74, 6) is 0.0304. The average molecular weight is 247 g/mol. The molecular weight excluding hydrogens is 226 g/mol. The second-order valence-corrected chi connectivity index (χ2v) is 5.12. The molecule has 0 heterocycles. The highest BCUT2D eigenvalue weighted by atomic mass is 16.4. The van der Waals surface area contributed by atoms with Gasteiger partial charge in [0.2, 0.25) is 0 Å². The Bertz CT molecular complexity index is 395. The Labute approximate surface area is 108 Å². The molecule has 0 amide bonds. The Morgan fingerprint density at radius 2 is 2.00 bits per heavy atom. The van der Waals surface area contributed by atoms with Crippen LogP contribution in [0.3, 0.4) is 0 Å². The van der Waals surface area contributed by atoms with Crippen molar-refractivity contribution in [2.75, 3.05) is 13.1 Å². The van der Waals surface area contributed by atoms with E-state index in [-0.39, 0.29) is 6.54 Å². The molecule has 0 bridgehead atoms. The number of carboxylic acids is 1. The molecule has 1 N–H and O–H groups in total. The molecule has 1 aromatic rings. The van der Waals surface area contributed by atoms with Crippen molar-refractivity contribution >= 4 is 5.97 Å². The Hall–Kier alpha value is -1.35. The number of carboxylic acid groups (broad SMARTS) is 1. The maximum atomic E-state index is 10.8. The third-order valence-corrected chi connectivity index (χ3v) is 3.33. The van der Waals surface area contributed by atoms with Crippen molar-refractivity contribution in [3.8, 4) is 0 Å². The van der Waals surface area contributed by atoms with E-state index in [9.17, 15) is 4.79 Å². The van der Waals surface area contributed by atoms with Gasteiger partial charge in [-0.2, -0.15) is 0 Å². The van der Waals surface area contributed by atoms with E-state index in [2.05, 4.69) is 31.2 Å². The molecule has 1 aliphatic rings. The van der Waals surface area contributed by atoms with Crippen molar-refractivity contribution in [3.63, 3.8) is 0 Å². The molecule has 0 saturated heterocycles. The largest absolute Gasteiger partial charge is 0.480 e. The Morgan fingerprint density at radius 1 is 1.33 bits per heavy atom. The zero-order valence-electron chi connectivity index (χ0n) is 10.9. The Balaban J connectivity index is 1.94. The van der Waals surface area contributed by atoms with Crippen molar-refractivity contribution < 1.29 is 9.90 Å². The van der Waals surface area contributed by atoms with Gasteiger partial charge in [0, 0.05) is 6.54 Å². The van der Waals surface area contributed by atoms with E-state index in [1.54, 1.807) is 0 Å². The zero-order chi connectivity index (χ0) is 13.0. The molecule has 0 aliphatic heterocycles. The summed E-state index contributed by atoms with van der Waals surface area (Å²) in [6.45, 7) is 3.75. The predicted octanol–water partition coefficient (Wildman–Crippen LogP) is 2.86. The first-order valence-corrected chi connectivity index (χ1v) is 6.72. The van der Waals surface area contributed by atoms with Crippen LogP contribution in [0.4, 0.5) is 0 Å². The van der Waals surface area contributed by atoms with Gasteiger partial charge in [0.1, 0.15) is 0 Å². The summed E-state index contributed by atoms with van der Waals surface area (Å²) < 4.78 is 0. The lowest BCUT2D eigenvalue weighted by atomic mass is 10.1. The lowest BCUT2D eigenvalue weighted by molar-refractivity contribution is -0.138. The lowest BCUT2D eigenvalue weighted by Crippen LogP contribution is -2.30. The SMILES string of the molecule is CCCN(CC(=O)O)Cc1ccc(C2CC2)cc1. The van der Waals surface area contributed by atoms with E-state index in [1.807, 2.05) is 4.90 Å². The van der Waals surface area contributed by atoms with Crippen LogP contribution >= 0.6 is 0 Å². The maximum absolute atomic E-state index is 10.8. The molecule has 1 aliphatic carbocycles. The molecule has 0 aromatic heterocycles. The fourth-order valence-electron chi connectivity index (χ4n) is 2.29. The van der Waals surface area contributed by atoms with E-state index in [1.165, 1.54) is 24.0 Å². The molecule has 3 heteroatoms. The van der Waals surface area contributed by atoms with Crippen molar-refractivity contribution in [1.29, 1.82) is 0 Å². The topological polar surface area (TPSA) is 40.5 Å². The lowest BCUT2D eigenvalue weighted by Gasteiger charge is -2.19. The third-order valence-electron chi connectivity index (χ3n) is 3.33. The quantitative estimate of drug-likeness (QED) is 0.805. The van der Waals surface area contributed by atoms with Crippen LogP contribution in [0.15, 0.2) is 24.3 Å². The van der Waals surface area contributed by atoms with Crippen LogP contribution in [0, 0.1) is 0 Å². The minimum absolute atomic E-state index is 0.123. The molecule has 98 valence electrons.